The van der Waals surface area contributed by atoms with Crippen molar-refractivity contribution in [2.45, 2.75) is 0 Å². The van der Waals surface area contributed by atoms with Crippen LogP contribution in [0.3, 0.4) is 0 Å². The molecule has 0 aromatic heterocycles. The van der Waals surface area contributed by atoms with Gasteiger partial charge in [-0.05, 0) is 0 Å². The normalized spacial score (nSPS) is 2.67. The number of hydrogen-bond acceptors (Lipinski definition) is 8. The van der Waals surface area contributed by atoms with Crippen molar-refractivity contribution in [3.05, 3.63) is 20.8 Å². The molecule has 0 atom stereocenters. The minimum Gasteiger partial charge on any atom is -0.790 e. The summed E-state index contributed by atoms with van der Waals surface area (Å²) in [5.41, 5.74) is 0. The molecule has 0 amide bonds. The van der Waals surface area contributed by atoms with Gasteiger partial charge in [0.25, 0.3) is 0 Å². The van der Waals surface area contributed by atoms with Gasteiger partial charge in [-0.25, -0.2) is 0 Å². The Labute approximate surface area is 68.8 Å². The summed E-state index contributed by atoms with van der Waals surface area (Å²) >= 11 is 0. The third-order valence-corrected chi connectivity index (χ3v) is 0. The SMILES string of the molecule is N[O-].N[O-].N[O-].N[O-].[Sn+4]. The molecule has 0 aliphatic heterocycles. The zero-order valence-corrected chi connectivity index (χ0v) is 7.30. The molecule has 0 rings (SSSR count). The summed E-state index contributed by atoms with van der Waals surface area (Å²) in [5.74, 6) is 13.0. The molecule has 0 saturated heterocycles. The molecular formula is H8N4O4Sn. The summed E-state index contributed by atoms with van der Waals surface area (Å²) in [4.78, 5) is 0. The maximum absolute atomic E-state index is 7.75. The molecule has 56 valence electrons. The van der Waals surface area contributed by atoms with Crippen molar-refractivity contribution >= 4 is 23.9 Å². The van der Waals surface area contributed by atoms with Crippen LogP contribution in [0.5, 0.6) is 0 Å². The Hall–Kier alpha value is 0.479. The van der Waals surface area contributed by atoms with Crippen LogP contribution >= 0.6 is 0 Å². The number of rotatable bonds is 0. The fourth-order valence-corrected chi connectivity index (χ4v) is 0. The molecule has 0 aliphatic carbocycles. The molecule has 0 aromatic carbocycles. The second-order valence-electron chi connectivity index (χ2n) is 0. The van der Waals surface area contributed by atoms with Crippen LogP contribution in [0.15, 0.2) is 0 Å². The largest absolute Gasteiger partial charge is 4.00 e. The minimum absolute atomic E-state index is 0. The van der Waals surface area contributed by atoms with E-state index in [1.54, 1.807) is 0 Å². The van der Waals surface area contributed by atoms with Gasteiger partial charge in [0, 0.05) is 0 Å². The minimum atomic E-state index is 0. The van der Waals surface area contributed by atoms with Gasteiger partial charge in [0.1, 0.15) is 0 Å². The van der Waals surface area contributed by atoms with E-state index in [4.69, 9.17) is 20.8 Å². The standard InChI is InChI=1S/4H2NO.Sn/c4*1-2;/h4*1H2;/q4*-1;+4. The molecule has 0 aliphatic rings. The van der Waals surface area contributed by atoms with Crippen molar-refractivity contribution in [1.82, 2.24) is 0 Å². The predicted molar refractivity (Wildman–Crippen MR) is 36.0 cm³/mol. The Balaban J connectivity index is -0.00000000762. The number of nitrogens with two attached hydrogens (primary N) is 4. The van der Waals surface area contributed by atoms with Gasteiger partial charge in [0.05, 0.1) is 0 Å². The summed E-state index contributed by atoms with van der Waals surface area (Å²) in [6.07, 6.45) is 0. The van der Waals surface area contributed by atoms with E-state index in [1.165, 1.54) is 0 Å². The fourth-order valence-electron chi connectivity index (χ4n) is 0. The Morgan fingerprint density at radius 1 is 0.444 bits per heavy atom. The van der Waals surface area contributed by atoms with Crippen LogP contribution in [0, 0.1) is 20.8 Å². The van der Waals surface area contributed by atoms with Gasteiger partial charge < -0.3 is 44.4 Å². The van der Waals surface area contributed by atoms with Gasteiger partial charge in [0.15, 0.2) is 0 Å². The first-order valence-electron chi connectivity index (χ1n) is 0.943. The summed E-state index contributed by atoms with van der Waals surface area (Å²) in [6, 6.07) is 0. The molecule has 0 fully saturated rings. The van der Waals surface area contributed by atoms with Gasteiger partial charge in [-0.1, -0.05) is 0 Å². The van der Waals surface area contributed by atoms with E-state index in [-0.39, 0.29) is 23.9 Å². The molecule has 9 heavy (non-hydrogen) atoms. The van der Waals surface area contributed by atoms with Crippen molar-refractivity contribution in [3.63, 3.8) is 0 Å². The smallest absolute Gasteiger partial charge is 0.790 e. The second-order valence-corrected chi connectivity index (χ2v) is 0. The Morgan fingerprint density at radius 2 is 0.444 bits per heavy atom. The molecule has 0 bridgehead atoms. The average molecular weight is 247 g/mol. The maximum Gasteiger partial charge on any atom is 4.00 e. The monoisotopic (exact) mass is 248 g/mol. The van der Waals surface area contributed by atoms with Crippen molar-refractivity contribution < 1.29 is 0 Å². The van der Waals surface area contributed by atoms with E-state index in [2.05, 4.69) is 23.6 Å². The first kappa shape index (κ1) is 34.0. The third kappa shape index (κ3) is 1550. The van der Waals surface area contributed by atoms with Crippen LogP contribution in [0.4, 0.5) is 0 Å². The van der Waals surface area contributed by atoms with E-state index in [0.29, 0.717) is 0 Å². The van der Waals surface area contributed by atoms with E-state index in [0.717, 1.165) is 0 Å². The molecule has 8 nitrogen and oxygen atoms in total. The molecule has 0 spiro atoms. The summed E-state index contributed by atoms with van der Waals surface area (Å²) in [5, 5.41) is 31.0. The molecule has 8 N–H and O–H groups in total. The Kier molecular flexibility index (Phi) is 7810. The van der Waals surface area contributed by atoms with Crippen molar-refractivity contribution in [2.75, 3.05) is 0 Å². The van der Waals surface area contributed by atoms with Crippen LogP contribution < -0.4 is 23.6 Å². The molecule has 0 aromatic rings. The first-order chi connectivity index (χ1) is 4.00. The topological polar surface area (TPSA) is 196 Å². The molecule has 0 radical (unpaired) electrons. The average Bonchev–Trinajstić information content (AvgIpc) is 2.03. The maximum atomic E-state index is 7.75. The zero-order valence-electron chi connectivity index (χ0n) is 4.44. The molecule has 0 saturated carbocycles. The van der Waals surface area contributed by atoms with E-state index in [1.807, 2.05) is 0 Å². The molecular weight excluding hydrogens is 239 g/mol. The van der Waals surface area contributed by atoms with Gasteiger partial charge in [0.2, 0.25) is 0 Å². The number of hydrogen-bond donors (Lipinski definition) is 4. The van der Waals surface area contributed by atoms with Gasteiger partial charge in [-0.2, -0.15) is 0 Å². The summed E-state index contributed by atoms with van der Waals surface area (Å²) in [7, 11) is 0. The zero-order chi connectivity index (χ0) is 8.00. The van der Waals surface area contributed by atoms with Crippen LogP contribution in [-0.2, 0) is 0 Å². The van der Waals surface area contributed by atoms with Crippen LogP contribution in [-0.4, -0.2) is 23.9 Å². The van der Waals surface area contributed by atoms with Crippen molar-refractivity contribution in [1.29, 1.82) is 0 Å². The Bertz CT molecular complexity index is 12.5. The summed E-state index contributed by atoms with van der Waals surface area (Å²) in [6.45, 7) is 0. The quantitative estimate of drug-likeness (QED) is 0.263. The van der Waals surface area contributed by atoms with E-state index in [9.17, 15) is 0 Å². The van der Waals surface area contributed by atoms with Gasteiger partial charge >= 0.3 is 23.9 Å². The third-order valence-electron chi connectivity index (χ3n) is 0. The fraction of sp³-hybridized carbons (Fsp3) is 0. The van der Waals surface area contributed by atoms with Crippen molar-refractivity contribution in [2.24, 2.45) is 23.6 Å². The van der Waals surface area contributed by atoms with Crippen LogP contribution in [0.1, 0.15) is 0 Å². The van der Waals surface area contributed by atoms with Crippen LogP contribution in [0.2, 0.25) is 0 Å². The first-order valence-corrected chi connectivity index (χ1v) is 0.943. The second kappa shape index (κ2) is 2070. The van der Waals surface area contributed by atoms with Gasteiger partial charge in [-0.15, -0.1) is 0 Å². The van der Waals surface area contributed by atoms with E-state index >= 15 is 0 Å². The molecule has 9 heteroatoms. The van der Waals surface area contributed by atoms with Crippen molar-refractivity contribution in [3.8, 4) is 0 Å². The van der Waals surface area contributed by atoms with Crippen LogP contribution in [0.25, 0.3) is 0 Å². The predicted octanol–water partition coefficient (Wildman–Crippen LogP) is -2.61. The molecule has 0 unspecified atom stereocenters. The Morgan fingerprint density at radius 3 is 0.444 bits per heavy atom. The van der Waals surface area contributed by atoms with Gasteiger partial charge in [-0.3, -0.25) is 0 Å². The summed E-state index contributed by atoms with van der Waals surface area (Å²) < 4.78 is 0. The molecule has 0 heterocycles. The van der Waals surface area contributed by atoms with E-state index < -0.39 is 0 Å².